The first kappa shape index (κ1) is 16.8. The molecule has 122 valence electrons. The lowest BCUT2D eigenvalue weighted by molar-refractivity contribution is -0.151. The van der Waals surface area contributed by atoms with Crippen LogP contribution in [0, 0.1) is 0 Å². The van der Waals surface area contributed by atoms with Crippen molar-refractivity contribution >= 4 is 5.97 Å². The van der Waals surface area contributed by atoms with Gasteiger partial charge in [-0.3, -0.25) is 0 Å². The molecule has 0 aromatic heterocycles. The zero-order chi connectivity index (χ0) is 16.7. The number of ether oxygens (including phenoxy) is 3. The maximum atomic E-state index is 11.5. The van der Waals surface area contributed by atoms with Crippen LogP contribution in [-0.2, 0) is 22.6 Å². The summed E-state index contributed by atoms with van der Waals surface area (Å²) in [5.41, 5.74) is 1.69. The molecule has 23 heavy (non-hydrogen) atoms. The van der Waals surface area contributed by atoms with E-state index in [4.69, 9.17) is 14.2 Å². The number of hydrogen-bond acceptors (Lipinski definition) is 4. The summed E-state index contributed by atoms with van der Waals surface area (Å²) < 4.78 is 16.0. The molecule has 0 aliphatic rings. The lowest BCUT2D eigenvalue weighted by Crippen LogP contribution is -2.26. The quantitative estimate of drug-likeness (QED) is 0.811. The van der Waals surface area contributed by atoms with Crippen LogP contribution < -0.4 is 9.47 Å². The first-order valence-corrected chi connectivity index (χ1v) is 7.23. The Morgan fingerprint density at radius 1 is 1.09 bits per heavy atom. The van der Waals surface area contributed by atoms with Crippen molar-refractivity contribution in [2.24, 2.45) is 0 Å². The van der Waals surface area contributed by atoms with E-state index in [9.17, 15) is 9.90 Å². The lowest BCUT2D eigenvalue weighted by atomic mass is 10.1. The monoisotopic (exact) mass is 316 g/mol. The van der Waals surface area contributed by atoms with Crippen LogP contribution in [0.5, 0.6) is 11.5 Å². The summed E-state index contributed by atoms with van der Waals surface area (Å²) in [5, 5.41) is 9.39. The van der Waals surface area contributed by atoms with Crippen molar-refractivity contribution in [2.75, 3.05) is 14.2 Å². The van der Waals surface area contributed by atoms with Gasteiger partial charge in [-0.1, -0.05) is 36.4 Å². The number of carboxylic acids is 1. The largest absolute Gasteiger partial charge is 0.497 e. The Labute approximate surface area is 135 Å². The first-order chi connectivity index (χ1) is 11.1. The highest BCUT2D eigenvalue weighted by molar-refractivity contribution is 5.73. The Hall–Kier alpha value is -2.53. The van der Waals surface area contributed by atoms with Crippen LogP contribution in [0.2, 0.25) is 0 Å². The van der Waals surface area contributed by atoms with Crippen molar-refractivity contribution in [3.8, 4) is 11.5 Å². The van der Waals surface area contributed by atoms with Gasteiger partial charge >= 0.3 is 5.97 Å². The third-order valence-electron chi connectivity index (χ3n) is 3.47. The molecule has 1 N–H and O–H groups in total. The number of carboxylic acid groups (broad SMARTS) is 1. The molecule has 0 saturated carbocycles. The number of carbonyl (C=O) groups is 1. The van der Waals surface area contributed by atoms with Gasteiger partial charge in [0.15, 0.2) is 6.10 Å². The fourth-order valence-electron chi connectivity index (χ4n) is 2.21. The first-order valence-electron chi connectivity index (χ1n) is 7.23. The highest BCUT2D eigenvalue weighted by Gasteiger charge is 2.21. The molecule has 0 fully saturated rings. The summed E-state index contributed by atoms with van der Waals surface area (Å²) in [5.74, 6) is 0.236. The summed E-state index contributed by atoms with van der Waals surface area (Å²) >= 11 is 0. The van der Waals surface area contributed by atoms with E-state index in [0.29, 0.717) is 11.5 Å². The molecule has 0 unspecified atom stereocenters. The van der Waals surface area contributed by atoms with Gasteiger partial charge < -0.3 is 19.3 Å². The Morgan fingerprint density at radius 2 is 1.83 bits per heavy atom. The van der Waals surface area contributed by atoms with Crippen molar-refractivity contribution in [3.05, 3.63) is 59.7 Å². The fourth-order valence-corrected chi connectivity index (χ4v) is 2.21. The zero-order valence-corrected chi connectivity index (χ0v) is 13.2. The molecule has 0 spiro atoms. The van der Waals surface area contributed by atoms with Crippen LogP contribution in [0.15, 0.2) is 48.5 Å². The van der Waals surface area contributed by atoms with Crippen LogP contribution in [0.3, 0.4) is 0 Å². The van der Waals surface area contributed by atoms with E-state index >= 15 is 0 Å². The molecule has 2 aromatic carbocycles. The van der Waals surface area contributed by atoms with Crippen molar-refractivity contribution < 1.29 is 24.1 Å². The molecule has 1 atom stereocenters. The van der Waals surface area contributed by atoms with Crippen LogP contribution in [0.4, 0.5) is 0 Å². The second-order valence-corrected chi connectivity index (χ2v) is 5.01. The molecule has 0 aliphatic heterocycles. The SMILES string of the molecule is COc1ccc(C[C@@H](OCc2ccccc2)C(=O)O)c(OC)c1. The maximum Gasteiger partial charge on any atom is 0.333 e. The maximum absolute atomic E-state index is 11.5. The molecule has 2 aromatic rings. The summed E-state index contributed by atoms with van der Waals surface area (Å²) in [6, 6.07) is 14.8. The number of methoxy groups -OCH3 is 2. The smallest absolute Gasteiger partial charge is 0.333 e. The second-order valence-electron chi connectivity index (χ2n) is 5.01. The summed E-state index contributed by atoms with van der Waals surface area (Å²) in [6.07, 6.45) is -0.729. The minimum Gasteiger partial charge on any atom is -0.497 e. The van der Waals surface area contributed by atoms with Crippen molar-refractivity contribution in [1.29, 1.82) is 0 Å². The van der Waals surface area contributed by atoms with Gasteiger partial charge in [0, 0.05) is 12.5 Å². The molecular weight excluding hydrogens is 296 g/mol. The molecule has 5 heteroatoms. The summed E-state index contributed by atoms with van der Waals surface area (Å²) in [6.45, 7) is 0.246. The number of aliphatic carboxylic acids is 1. The standard InChI is InChI=1S/C18H20O5/c1-21-15-9-8-14(16(11-15)22-2)10-17(18(19)20)23-12-13-6-4-3-5-7-13/h3-9,11,17H,10,12H2,1-2H3,(H,19,20)/t17-/m1/s1. The number of rotatable bonds is 8. The molecular formula is C18H20O5. The average molecular weight is 316 g/mol. The molecule has 0 bridgehead atoms. The molecule has 0 saturated heterocycles. The minimum atomic E-state index is -1.00. The van der Waals surface area contributed by atoms with E-state index in [1.165, 1.54) is 0 Å². The average Bonchev–Trinajstić information content (AvgIpc) is 2.59. The van der Waals surface area contributed by atoms with Crippen LogP contribution in [0.1, 0.15) is 11.1 Å². The second kappa shape index (κ2) is 8.19. The van der Waals surface area contributed by atoms with E-state index in [2.05, 4.69) is 0 Å². The summed E-state index contributed by atoms with van der Waals surface area (Å²) in [4.78, 5) is 11.5. The zero-order valence-electron chi connectivity index (χ0n) is 13.2. The van der Waals surface area contributed by atoms with E-state index in [-0.39, 0.29) is 13.0 Å². The fraction of sp³-hybridized carbons (Fsp3) is 0.278. The third-order valence-corrected chi connectivity index (χ3v) is 3.47. The minimum absolute atomic E-state index is 0.218. The highest BCUT2D eigenvalue weighted by atomic mass is 16.5. The van der Waals surface area contributed by atoms with Gasteiger partial charge in [0.25, 0.3) is 0 Å². The molecule has 0 amide bonds. The van der Waals surface area contributed by atoms with Crippen molar-refractivity contribution in [2.45, 2.75) is 19.1 Å². The molecule has 0 aliphatic carbocycles. The van der Waals surface area contributed by atoms with Gasteiger partial charge in [-0.05, 0) is 17.2 Å². The van der Waals surface area contributed by atoms with E-state index < -0.39 is 12.1 Å². The Kier molecular flexibility index (Phi) is 6.00. The normalized spacial score (nSPS) is 11.7. The topological polar surface area (TPSA) is 65.0 Å². The Bertz CT molecular complexity index is 639. The summed E-state index contributed by atoms with van der Waals surface area (Å²) in [7, 11) is 3.11. The van der Waals surface area contributed by atoms with Gasteiger partial charge in [-0.2, -0.15) is 0 Å². The predicted molar refractivity (Wildman–Crippen MR) is 85.9 cm³/mol. The van der Waals surface area contributed by atoms with Crippen LogP contribution >= 0.6 is 0 Å². The van der Waals surface area contributed by atoms with Crippen molar-refractivity contribution in [1.82, 2.24) is 0 Å². The highest BCUT2D eigenvalue weighted by Crippen LogP contribution is 2.26. The molecule has 0 radical (unpaired) electrons. The Morgan fingerprint density at radius 3 is 2.43 bits per heavy atom. The number of benzene rings is 2. The van der Waals surface area contributed by atoms with Crippen LogP contribution in [0.25, 0.3) is 0 Å². The van der Waals surface area contributed by atoms with Crippen LogP contribution in [-0.4, -0.2) is 31.4 Å². The van der Waals surface area contributed by atoms with E-state index in [1.54, 1.807) is 32.4 Å². The number of hydrogen-bond donors (Lipinski definition) is 1. The Balaban J connectivity index is 2.08. The van der Waals surface area contributed by atoms with Gasteiger partial charge in [0.1, 0.15) is 11.5 Å². The van der Waals surface area contributed by atoms with E-state index in [0.717, 1.165) is 11.1 Å². The van der Waals surface area contributed by atoms with Gasteiger partial charge in [-0.15, -0.1) is 0 Å². The molecule has 0 heterocycles. The van der Waals surface area contributed by atoms with Crippen molar-refractivity contribution in [3.63, 3.8) is 0 Å². The van der Waals surface area contributed by atoms with Gasteiger partial charge in [0.2, 0.25) is 0 Å². The lowest BCUT2D eigenvalue weighted by Gasteiger charge is -2.16. The molecule has 2 rings (SSSR count). The molecule has 5 nitrogen and oxygen atoms in total. The third kappa shape index (κ3) is 4.72. The van der Waals surface area contributed by atoms with E-state index in [1.807, 2.05) is 30.3 Å². The predicted octanol–water partition coefficient (Wildman–Crippen LogP) is 2.92. The van der Waals surface area contributed by atoms with Gasteiger partial charge in [-0.25, -0.2) is 4.79 Å². The van der Waals surface area contributed by atoms with Gasteiger partial charge in [0.05, 0.1) is 20.8 Å².